The molecular weight excluding hydrogens is 240 g/mol. The molecule has 3 rings (SSSR count). The molecule has 0 radical (unpaired) electrons. The van der Waals surface area contributed by atoms with Crippen LogP contribution < -0.4 is 4.74 Å². The molecule has 1 aliphatic carbocycles. The van der Waals surface area contributed by atoms with Crippen molar-refractivity contribution in [1.82, 2.24) is 0 Å². The number of rotatable bonds is 2. The van der Waals surface area contributed by atoms with Gasteiger partial charge in [-0.3, -0.25) is 9.59 Å². The second-order valence-corrected chi connectivity index (χ2v) is 4.34. The molecule has 2 aromatic rings. The molecule has 3 nitrogen and oxygen atoms in total. The lowest BCUT2D eigenvalue weighted by atomic mass is 9.97. The second-order valence-electron chi connectivity index (χ2n) is 4.34. The molecule has 1 aliphatic rings. The average Bonchev–Trinajstić information content (AvgIpc) is 2.55. The van der Waals surface area contributed by atoms with Gasteiger partial charge in [-0.15, -0.1) is 0 Å². The average molecular weight is 252 g/mol. The molecule has 94 valence electrons. The summed E-state index contributed by atoms with van der Waals surface area (Å²) >= 11 is 0. The van der Waals surface area contributed by atoms with Crippen LogP contribution >= 0.6 is 0 Å². The molecule has 0 unspecified atom stereocenters. The van der Waals surface area contributed by atoms with Crippen LogP contribution in [0, 0.1) is 0 Å². The Morgan fingerprint density at radius 1 is 1.05 bits per heavy atom. The number of hydrogen-bond donors (Lipinski definition) is 0. The normalized spacial score (nSPS) is 13.7. The van der Waals surface area contributed by atoms with Crippen LogP contribution in [-0.2, 0) is 4.79 Å². The minimum Gasteiger partial charge on any atom is -0.493 e. The minimum absolute atomic E-state index is 0.380. The van der Waals surface area contributed by atoms with Gasteiger partial charge in [-0.1, -0.05) is 30.3 Å². The van der Waals surface area contributed by atoms with Crippen molar-refractivity contribution < 1.29 is 14.3 Å². The van der Waals surface area contributed by atoms with Crippen molar-refractivity contribution in [2.24, 2.45) is 0 Å². The van der Waals surface area contributed by atoms with Crippen molar-refractivity contribution in [2.45, 2.75) is 6.92 Å². The van der Waals surface area contributed by atoms with Crippen molar-refractivity contribution in [3.05, 3.63) is 47.5 Å². The standard InChI is InChI=1S/C16H12O3/c1-2-19-13-9-7-11-5-3-4-10-6-8-12(17)16(18)15(13)14(10)11/h3-9H,2H2,1H3. The first-order chi connectivity index (χ1) is 9.22. The number of benzene rings is 2. The molecule has 0 aromatic heterocycles. The summed E-state index contributed by atoms with van der Waals surface area (Å²) in [6.45, 7) is 2.31. The van der Waals surface area contributed by atoms with E-state index >= 15 is 0 Å². The maximum absolute atomic E-state index is 12.2. The van der Waals surface area contributed by atoms with Gasteiger partial charge in [0.15, 0.2) is 0 Å². The Hall–Kier alpha value is -2.42. The zero-order chi connectivity index (χ0) is 13.4. The topological polar surface area (TPSA) is 43.4 Å². The number of carbonyl (C=O) groups excluding carboxylic acids is 2. The summed E-state index contributed by atoms with van der Waals surface area (Å²) in [5, 5.41) is 1.73. The van der Waals surface area contributed by atoms with Gasteiger partial charge in [0.2, 0.25) is 11.6 Å². The Kier molecular flexibility index (Phi) is 2.67. The number of allylic oxidation sites excluding steroid dienone is 1. The van der Waals surface area contributed by atoms with E-state index in [1.54, 1.807) is 12.1 Å². The fourth-order valence-electron chi connectivity index (χ4n) is 2.39. The summed E-state index contributed by atoms with van der Waals surface area (Å²) in [5.41, 5.74) is 1.25. The Balaban J connectivity index is 2.44. The molecule has 0 saturated heterocycles. The van der Waals surface area contributed by atoms with Crippen LogP contribution in [0.2, 0.25) is 0 Å². The third-order valence-corrected chi connectivity index (χ3v) is 3.20. The lowest BCUT2D eigenvalue weighted by molar-refractivity contribution is -0.110. The maximum Gasteiger partial charge on any atom is 0.237 e. The summed E-state index contributed by atoms with van der Waals surface area (Å²) in [6.07, 6.45) is 3.02. The van der Waals surface area contributed by atoms with Gasteiger partial charge in [-0.2, -0.15) is 0 Å². The van der Waals surface area contributed by atoms with Crippen molar-refractivity contribution in [3.63, 3.8) is 0 Å². The Labute approximate surface area is 110 Å². The third-order valence-electron chi connectivity index (χ3n) is 3.20. The monoisotopic (exact) mass is 252 g/mol. The molecule has 19 heavy (non-hydrogen) atoms. The van der Waals surface area contributed by atoms with Gasteiger partial charge < -0.3 is 4.74 Å². The Morgan fingerprint density at radius 2 is 1.89 bits per heavy atom. The predicted octanol–water partition coefficient (Wildman–Crippen LogP) is 3.02. The molecule has 0 N–H and O–H groups in total. The van der Waals surface area contributed by atoms with Crippen LogP contribution in [0.1, 0.15) is 22.8 Å². The van der Waals surface area contributed by atoms with Gasteiger partial charge in [0.05, 0.1) is 12.2 Å². The van der Waals surface area contributed by atoms with Crippen LogP contribution in [0.25, 0.3) is 16.8 Å². The van der Waals surface area contributed by atoms with Gasteiger partial charge in [0, 0.05) is 5.39 Å². The van der Waals surface area contributed by atoms with E-state index < -0.39 is 11.6 Å². The van der Waals surface area contributed by atoms with Crippen LogP contribution in [0.4, 0.5) is 0 Å². The van der Waals surface area contributed by atoms with E-state index in [1.165, 1.54) is 6.08 Å². The van der Waals surface area contributed by atoms with Crippen LogP contribution in [0.5, 0.6) is 5.75 Å². The lowest BCUT2D eigenvalue weighted by Crippen LogP contribution is -2.12. The van der Waals surface area contributed by atoms with E-state index in [0.29, 0.717) is 17.9 Å². The molecular formula is C16H12O3. The Bertz CT molecular complexity index is 726. The SMILES string of the molecule is CCOc1ccc2cccc3c2c1C(=O)C(=O)C=C3. The summed E-state index contributed by atoms with van der Waals surface area (Å²) in [7, 11) is 0. The van der Waals surface area contributed by atoms with Gasteiger partial charge in [0.1, 0.15) is 5.75 Å². The third kappa shape index (κ3) is 1.74. The highest BCUT2D eigenvalue weighted by Gasteiger charge is 2.24. The van der Waals surface area contributed by atoms with Crippen molar-refractivity contribution in [2.75, 3.05) is 6.61 Å². The number of Topliss-reactive ketones (excluding diaryl/α,β-unsaturated/α-hetero) is 1. The zero-order valence-electron chi connectivity index (χ0n) is 10.5. The molecule has 0 saturated carbocycles. The highest BCUT2D eigenvalue weighted by Crippen LogP contribution is 2.33. The van der Waals surface area contributed by atoms with Crippen LogP contribution in [-0.4, -0.2) is 18.2 Å². The van der Waals surface area contributed by atoms with E-state index in [2.05, 4.69) is 0 Å². The van der Waals surface area contributed by atoms with Crippen molar-refractivity contribution in [3.8, 4) is 5.75 Å². The van der Waals surface area contributed by atoms with Crippen LogP contribution in [0.3, 0.4) is 0 Å². The summed E-state index contributed by atoms with van der Waals surface area (Å²) in [6, 6.07) is 9.39. The van der Waals surface area contributed by atoms with E-state index in [0.717, 1.165) is 16.3 Å². The first-order valence-corrected chi connectivity index (χ1v) is 6.17. The summed E-state index contributed by atoms with van der Waals surface area (Å²) in [5.74, 6) is -0.538. The minimum atomic E-state index is -0.510. The molecule has 0 aliphatic heterocycles. The van der Waals surface area contributed by atoms with Gasteiger partial charge in [-0.25, -0.2) is 0 Å². The molecule has 0 bridgehead atoms. The van der Waals surface area contributed by atoms with Gasteiger partial charge in [0.25, 0.3) is 0 Å². The predicted molar refractivity (Wildman–Crippen MR) is 73.5 cm³/mol. The quantitative estimate of drug-likeness (QED) is 0.772. The lowest BCUT2D eigenvalue weighted by Gasteiger charge is -2.12. The first kappa shape index (κ1) is 11.7. The van der Waals surface area contributed by atoms with Gasteiger partial charge >= 0.3 is 0 Å². The van der Waals surface area contributed by atoms with Gasteiger partial charge in [-0.05, 0) is 30.0 Å². The zero-order valence-corrected chi connectivity index (χ0v) is 10.5. The van der Waals surface area contributed by atoms with Crippen LogP contribution in [0.15, 0.2) is 36.4 Å². The van der Waals surface area contributed by atoms with Crippen molar-refractivity contribution >= 4 is 28.4 Å². The van der Waals surface area contributed by atoms with Crippen molar-refractivity contribution in [1.29, 1.82) is 0 Å². The fraction of sp³-hybridized carbons (Fsp3) is 0.125. The number of hydrogen-bond acceptors (Lipinski definition) is 3. The molecule has 0 atom stereocenters. The summed E-state index contributed by atoms with van der Waals surface area (Å²) in [4.78, 5) is 24.0. The van der Waals surface area contributed by atoms with E-state index in [1.807, 2.05) is 31.2 Å². The number of ketones is 2. The van der Waals surface area contributed by atoms with E-state index in [9.17, 15) is 9.59 Å². The second kappa shape index (κ2) is 4.35. The van der Waals surface area contributed by atoms with E-state index in [4.69, 9.17) is 4.74 Å². The number of ether oxygens (including phenoxy) is 1. The number of carbonyl (C=O) groups is 2. The Morgan fingerprint density at radius 3 is 2.68 bits per heavy atom. The molecule has 0 fully saturated rings. The fourth-order valence-corrected chi connectivity index (χ4v) is 2.39. The largest absolute Gasteiger partial charge is 0.493 e. The molecule has 0 amide bonds. The highest BCUT2D eigenvalue weighted by atomic mass is 16.5. The smallest absolute Gasteiger partial charge is 0.237 e. The first-order valence-electron chi connectivity index (χ1n) is 6.17. The highest BCUT2D eigenvalue weighted by molar-refractivity contribution is 6.51. The molecule has 3 heteroatoms. The summed E-state index contributed by atoms with van der Waals surface area (Å²) < 4.78 is 5.50. The molecule has 0 spiro atoms. The molecule has 0 heterocycles. The van der Waals surface area contributed by atoms with E-state index in [-0.39, 0.29) is 0 Å². The molecule has 2 aromatic carbocycles. The maximum atomic E-state index is 12.2.